The van der Waals surface area contributed by atoms with E-state index < -0.39 is 0 Å². The number of nitrogens with zero attached hydrogens (tertiary/aromatic N) is 1. The van der Waals surface area contributed by atoms with Crippen LogP contribution in [0, 0.1) is 0 Å². The predicted octanol–water partition coefficient (Wildman–Crippen LogP) is 4.49. The third-order valence-corrected chi connectivity index (χ3v) is 5.98. The van der Waals surface area contributed by atoms with E-state index >= 15 is 0 Å². The lowest BCUT2D eigenvalue weighted by Gasteiger charge is -2.38. The Bertz CT molecular complexity index is 969. The topological polar surface area (TPSA) is 77.1 Å². The fraction of sp³-hybridized carbons (Fsp3) is 0.391. The Kier molecular flexibility index (Phi) is 6.23. The first-order valence-corrected chi connectivity index (χ1v) is 10.7. The van der Waals surface area contributed by atoms with Gasteiger partial charge in [0.05, 0.1) is 10.7 Å². The SMILES string of the molecule is C[C@@H]1CCC[C@@H](C)N1C(=O)COc1ccc(C(=O)Nc2cc3c(cc2Cl)OCO3)cc1. The van der Waals surface area contributed by atoms with Gasteiger partial charge in [0.15, 0.2) is 18.1 Å². The molecule has 0 bridgehead atoms. The van der Waals surface area contributed by atoms with E-state index in [1.807, 2.05) is 4.90 Å². The molecule has 2 heterocycles. The maximum absolute atomic E-state index is 12.6. The monoisotopic (exact) mass is 444 g/mol. The number of halogens is 1. The van der Waals surface area contributed by atoms with Crippen molar-refractivity contribution in [2.75, 3.05) is 18.7 Å². The number of piperidine rings is 1. The van der Waals surface area contributed by atoms with E-state index in [2.05, 4.69) is 19.2 Å². The number of hydrogen-bond acceptors (Lipinski definition) is 5. The van der Waals surface area contributed by atoms with Gasteiger partial charge in [-0.05, 0) is 57.4 Å². The average molecular weight is 445 g/mol. The zero-order valence-electron chi connectivity index (χ0n) is 17.5. The number of amides is 2. The second-order valence-electron chi connectivity index (χ2n) is 7.88. The number of rotatable bonds is 5. The number of benzene rings is 2. The van der Waals surface area contributed by atoms with Crippen LogP contribution in [0.25, 0.3) is 0 Å². The van der Waals surface area contributed by atoms with Crippen molar-refractivity contribution in [1.82, 2.24) is 4.90 Å². The van der Waals surface area contributed by atoms with Crippen LogP contribution in [0.1, 0.15) is 43.5 Å². The summed E-state index contributed by atoms with van der Waals surface area (Å²) in [4.78, 5) is 27.1. The molecule has 0 spiro atoms. The van der Waals surface area contributed by atoms with Crippen LogP contribution in [-0.4, -0.2) is 42.2 Å². The molecule has 1 fully saturated rings. The summed E-state index contributed by atoms with van der Waals surface area (Å²) in [5.74, 6) is 1.28. The highest BCUT2D eigenvalue weighted by atomic mass is 35.5. The summed E-state index contributed by atoms with van der Waals surface area (Å²) in [5, 5.41) is 3.13. The van der Waals surface area contributed by atoms with Gasteiger partial charge in [0, 0.05) is 29.8 Å². The van der Waals surface area contributed by atoms with E-state index in [0.717, 1.165) is 19.3 Å². The number of nitrogens with one attached hydrogen (secondary N) is 1. The van der Waals surface area contributed by atoms with Crippen molar-refractivity contribution in [3.05, 3.63) is 47.0 Å². The Hall–Kier alpha value is -2.93. The van der Waals surface area contributed by atoms with Crippen molar-refractivity contribution >= 4 is 29.1 Å². The lowest BCUT2D eigenvalue weighted by molar-refractivity contribution is -0.139. The molecule has 2 aromatic rings. The fourth-order valence-corrected chi connectivity index (χ4v) is 4.24. The van der Waals surface area contributed by atoms with Gasteiger partial charge < -0.3 is 24.4 Å². The summed E-state index contributed by atoms with van der Waals surface area (Å²) in [5.41, 5.74) is 0.872. The first-order valence-electron chi connectivity index (χ1n) is 10.4. The Morgan fingerprint density at radius 3 is 2.42 bits per heavy atom. The van der Waals surface area contributed by atoms with Crippen LogP contribution in [0.5, 0.6) is 17.2 Å². The number of fused-ring (bicyclic) bond motifs is 1. The van der Waals surface area contributed by atoms with Crippen LogP contribution in [0.15, 0.2) is 36.4 Å². The highest BCUT2D eigenvalue weighted by Gasteiger charge is 2.29. The Balaban J connectivity index is 1.35. The number of carbonyl (C=O) groups is 2. The van der Waals surface area contributed by atoms with Crippen molar-refractivity contribution in [3.8, 4) is 17.2 Å². The highest BCUT2D eigenvalue weighted by Crippen LogP contribution is 2.39. The van der Waals surface area contributed by atoms with Gasteiger partial charge >= 0.3 is 0 Å². The molecule has 31 heavy (non-hydrogen) atoms. The average Bonchev–Trinajstić information content (AvgIpc) is 3.19. The lowest BCUT2D eigenvalue weighted by atomic mass is 9.97. The van der Waals surface area contributed by atoms with Crippen LogP contribution in [-0.2, 0) is 4.79 Å². The van der Waals surface area contributed by atoms with Crippen LogP contribution >= 0.6 is 11.6 Å². The zero-order chi connectivity index (χ0) is 22.0. The van der Waals surface area contributed by atoms with Gasteiger partial charge in [-0.3, -0.25) is 9.59 Å². The van der Waals surface area contributed by atoms with Crippen LogP contribution < -0.4 is 19.5 Å². The molecule has 0 aromatic heterocycles. The van der Waals surface area contributed by atoms with Crippen LogP contribution in [0.3, 0.4) is 0 Å². The normalized spacial score (nSPS) is 19.8. The third-order valence-electron chi connectivity index (χ3n) is 5.67. The highest BCUT2D eigenvalue weighted by molar-refractivity contribution is 6.34. The predicted molar refractivity (Wildman–Crippen MR) is 117 cm³/mol. The Labute approximate surface area is 186 Å². The molecule has 2 aliphatic rings. The second-order valence-corrected chi connectivity index (χ2v) is 8.29. The van der Waals surface area contributed by atoms with Gasteiger partial charge in [-0.25, -0.2) is 0 Å². The lowest BCUT2D eigenvalue weighted by Crippen LogP contribution is -2.49. The van der Waals surface area contributed by atoms with Crippen molar-refractivity contribution in [1.29, 1.82) is 0 Å². The third kappa shape index (κ3) is 4.71. The molecule has 8 heteroatoms. The quantitative estimate of drug-likeness (QED) is 0.735. The molecule has 0 saturated carbocycles. The maximum atomic E-state index is 12.6. The smallest absolute Gasteiger partial charge is 0.260 e. The van der Waals surface area contributed by atoms with E-state index in [0.29, 0.717) is 33.5 Å². The van der Waals surface area contributed by atoms with E-state index in [9.17, 15) is 9.59 Å². The summed E-state index contributed by atoms with van der Waals surface area (Å²) in [6, 6.07) is 10.3. The number of ether oxygens (including phenoxy) is 3. The molecule has 2 atom stereocenters. The Morgan fingerprint density at radius 2 is 1.74 bits per heavy atom. The number of hydrogen-bond donors (Lipinski definition) is 1. The van der Waals surface area contributed by atoms with Crippen LogP contribution in [0.4, 0.5) is 5.69 Å². The molecule has 2 aliphatic heterocycles. The minimum absolute atomic E-state index is 0.0148. The standard InChI is InChI=1S/C23H25ClN2O5/c1-14-4-3-5-15(2)26(14)22(27)12-29-17-8-6-16(7-9-17)23(28)25-19-11-21-20(10-18(19)24)30-13-31-21/h6-11,14-15H,3-5,12-13H2,1-2H3,(H,25,28)/t14-,15-/m1/s1. The van der Waals surface area contributed by atoms with Gasteiger partial charge in [-0.2, -0.15) is 0 Å². The van der Waals surface area contributed by atoms with Crippen molar-refractivity contribution in [2.24, 2.45) is 0 Å². The first-order chi connectivity index (χ1) is 14.9. The molecule has 0 aliphatic carbocycles. The minimum Gasteiger partial charge on any atom is -0.484 e. The zero-order valence-corrected chi connectivity index (χ0v) is 18.3. The summed E-state index contributed by atoms with van der Waals surface area (Å²) in [7, 11) is 0. The molecule has 0 unspecified atom stereocenters. The van der Waals surface area contributed by atoms with Crippen molar-refractivity contribution in [3.63, 3.8) is 0 Å². The van der Waals surface area contributed by atoms with Gasteiger partial charge in [0.25, 0.3) is 11.8 Å². The maximum Gasteiger partial charge on any atom is 0.260 e. The summed E-state index contributed by atoms with van der Waals surface area (Å²) in [6.07, 6.45) is 3.19. The molecule has 1 N–H and O–H groups in total. The van der Waals surface area contributed by atoms with Gasteiger partial charge in [-0.15, -0.1) is 0 Å². The van der Waals surface area contributed by atoms with Gasteiger partial charge in [0.2, 0.25) is 6.79 Å². The summed E-state index contributed by atoms with van der Waals surface area (Å²) >= 11 is 6.21. The second kappa shape index (κ2) is 9.06. The van der Waals surface area contributed by atoms with Crippen molar-refractivity contribution in [2.45, 2.75) is 45.2 Å². The molecule has 2 amide bonds. The number of carbonyl (C=O) groups excluding carboxylic acids is 2. The van der Waals surface area contributed by atoms with E-state index in [1.165, 1.54) is 0 Å². The molecular weight excluding hydrogens is 420 g/mol. The molecule has 7 nitrogen and oxygen atoms in total. The number of likely N-dealkylation sites (tertiary alicyclic amines) is 1. The summed E-state index contributed by atoms with van der Waals surface area (Å²) in [6.45, 7) is 4.26. The van der Waals surface area contributed by atoms with Crippen LogP contribution in [0.2, 0.25) is 5.02 Å². The largest absolute Gasteiger partial charge is 0.484 e. The molecule has 4 rings (SSSR count). The van der Waals surface area contributed by atoms with Crippen molar-refractivity contribution < 1.29 is 23.8 Å². The molecule has 164 valence electrons. The fourth-order valence-electron chi connectivity index (χ4n) is 4.04. The molecule has 2 aromatic carbocycles. The molecule has 0 radical (unpaired) electrons. The number of anilines is 1. The summed E-state index contributed by atoms with van der Waals surface area (Å²) < 4.78 is 16.3. The minimum atomic E-state index is -0.320. The van der Waals surface area contributed by atoms with E-state index in [1.54, 1.807) is 36.4 Å². The molecular formula is C23H25ClN2O5. The first kappa shape index (κ1) is 21.3. The molecule has 1 saturated heterocycles. The van der Waals surface area contributed by atoms with E-state index in [4.69, 9.17) is 25.8 Å². The van der Waals surface area contributed by atoms with E-state index in [-0.39, 0.29) is 37.3 Å². The van der Waals surface area contributed by atoms with Gasteiger partial charge in [0.1, 0.15) is 5.75 Å². The Morgan fingerprint density at radius 1 is 1.10 bits per heavy atom. The van der Waals surface area contributed by atoms with Gasteiger partial charge in [-0.1, -0.05) is 11.6 Å².